The summed E-state index contributed by atoms with van der Waals surface area (Å²) in [5.74, 6) is 0.900. The predicted octanol–water partition coefficient (Wildman–Crippen LogP) is 1.94. The summed E-state index contributed by atoms with van der Waals surface area (Å²) in [6.07, 6.45) is 1.67. The molecule has 2 aromatic rings. The van der Waals surface area contributed by atoms with Crippen LogP contribution in [0, 0.1) is 5.92 Å². The van der Waals surface area contributed by atoms with Gasteiger partial charge in [0.25, 0.3) is 0 Å². The average Bonchev–Trinajstić information content (AvgIpc) is 3.31. The van der Waals surface area contributed by atoms with Crippen LogP contribution < -0.4 is 9.47 Å². The number of fused-ring (bicyclic) bond motifs is 1. The first kappa shape index (κ1) is 26.4. The molecule has 0 spiro atoms. The number of aryl methyl sites for hydroxylation is 1. The maximum Gasteiger partial charge on any atom is 0.415 e. The Balaban J connectivity index is 1.74. The molecule has 3 atom stereocenters. The minimum atomic E-state index is -0.527. The van der Waals surface area contributed by atoms with Crippen LogP contribution in [0.4, 0.5) is 4.79 Å². The second kappa shape index (κ2) is 12.5. The predicted molar refractivity (Wildman–Crippen MR) is 127 cm³/mol. The standard InChI is InChI=1S/C24H35N5O6/c1-17-13-28(18(2)15-30)23(31)6-5-11-29-19(12-25-26-29)16-34-22(17)14-27(3)24(32)35-21-9-7-20(33-4)8-10-21/h7-10,12,17-18,22,30H,5-6,11,13-16H2,1-4H3/t17-,18-,22-/m1/s1. The summed E-state index contributed by atoms with van der Waals surface area (Å²) in [6, 6.07) is 6.42. The topological polar surface area (TPSA) is 119 Å². The van der Waals surface area contributed by atoms with E-state index in [2.05, 4.69) is 10.3 Å². The largest absolute Gasteiger partial charge is 0.497 e. The van der Waals surface area contributed by atoms with Crippen LogP contribution >= 0.6 is 0 Å². The molecule has 1 aromatic heterocycles. The monoisotopic (exact) mass is 489 g/mol. The van der Waals surface area contributed by atoms with Crippen molar-refractivity contribution >= 4 is 12.0 Å². The van der Waals surface area contributed by atoms with Crippen molar-refractivity contribution in [3.05, 3.63) is 36.2 Å². The molecule has 11 nitrogen and oxygen atoms in total. The van der Waals surface area contributed by atoms with Gasteiger partial charge in [-0.2, -0.15) is 0 Å². The van der Waals surface area contributed by atoms with Crippen LogP contribution in [-0.2, 0) is 22.7 Å². The lowest BCUT2D eigenvalue weighted by atomic mass is 10.0. The van der Waals surface area contributed by atoms with Gasteiger partial charge in [0.05, 0.1) is 50.9 Å². The molecule has 1 N–H and O–H groups in total. The summed E-state index contributed by atoms with van der Waals surface area (Å²) in [5, 5.41) is 17.8. The number of aliphatic hydroxyl groups is 1. The highest BCUT2D eigenvalue weighted by molar-refractivity contribution is 5.76. The quantitative estimate of drug-likeness (QED) is 0.654. The van der Waals surface area contributed by atoms with Crippen molar-refractivity contribution in [3.8, 4) is 11.5 Å². The van der Waals surface area contributed by atoms with Gasteiger partial charge in [-0.25, -0.2) is 9.48 Å². The Morgan fingerprint density at radius 2 is 2.03 bits per heavy atom. The lowest BCUT2D eigenvalue weighted by Gasteiger charge is -2.35. The van der Waals surface area contributed by atoms with E-state index in [0.29, 0.717) is 37.4 Å². The number of aliphatic hydroxyl groups excluding tert-OH is 1. The molecule has 2 amide bonds. The molecule has 0 fully saturated rings. The molecular formula is C24H35N5O6. The van der Waals surface area contributed by atoms with Crippen molar-refractivity contribution in [3.63, 3.8) is 0 Å². The number of rotatable bonds is 6. The number of benzene rings is 1. The molecule has 0 saturated heterocycles. The number of nitrogens with zero attached hydrogens (tertiary/aromatic N) is 5. The number of methoxy groups -OCH3 is 1. The van der Waals surface area contributed by atoms with E-state index < -0.39 is 12.2 Å². The second-order valence-electron chi connectivity index (χ2n) is 8.88. The highest BCUT2D eigenvalue weighted by Gasteiger charge is 2.29. The van der Waals surface area contributed by atoms with Gasteiger partial charge in [-0.3, -0.25) is 4.79 Å². The molecule has 2 heterocycles. The first-order valence-electron chi connectivity index (χ1n) is 11.8. The van der Waals surface area contributed by atoms with Crippen molar-refractivity contribution in [2.24, 2.45) is 5.92 Å². The van der Waals surface area contributed by atoms with E-state index in [0.717, 1.165) is 5.69 Å². The lowest BCUT2D eigenvalue weighted by molar-refractivity contribution is -0.136. The Hall–Kier alpha value is -3.18. The molecule has 0 unspecified atom stereocenters. The Labute approximate surface area is 205 Å². The highest BCUT2D eigenvalue weighted by atomic mass is 16.6. The van der Waals surface area contributed by atoms with E-state index in [1.54, 1.807) is 54.2 Å². The van der Waals surface area contributed by atoms with Crippen molar-refractivity contribution < 1.29 is 28.9 Å². The number of amides is 2. The molecule has 1 aliphatic rings. The first-order chi connectivity index (χ1) is 16.8. The molecule has 3 rings (SSSR count). The van der Waals surface area contributed by atoms with Crippen LogP contribution in [0.15, 0.2) is 30.5 Å². The van der Waals surface area contributed by atoms with Crippen LogP contribution in [0.5, 0.6) is 11.5 Å². The number of hydrogen-bond acceptors (Lipinski definition) is 8. The van der Waals surface area contributed by atoms with Crippen LogP contribution in [-0.4, -0.2) is 87.9 Å². The summed E-state index contributed by atoms with van der Waals surface area (Å²) in [5.41, 5.74) is 0.805. The van der Waals surface area contributed by atoms with E-state index in [1.807, 2.05) is 13.8 Å². The molecule has 1 aromatic carbocycles. The summed E-state index contributed by atoms with van der Waals surface area (Å²) in [4.78, 5) is 28.8. The van der Waals surface area contributed by atoms with E-state index >= 15 is 0 Å². The first-order valence-corrected chi connectivity index (χ1v) is 11.8. The van der Waals surface area contributed by atoms with Gasteiger partial charge < -0.3 is 29.1 Å². The summed E-state index contributed by atoms with van der Waals surface area (Å²) in [7, 11) is 3.21. The molecular weight excluding hydrogens is 454 g/mol. The number of carbonyl (C=O) groups excluding carboxylic acids is 2. The Morgan fingerprint density at radius 3 is 2.71 bits per heavy atom. The summed E-state index contributed by atoms with van der Waals surface area (Å²) in [6.45, 7) is 5.11. The third-order valence-corrected chi connectivity index (χ3v) is 6.17. The smallest absolute Gasteiger partial charge is 0.415 e. The third kappa shape index (κ3) is 7.15. The molecule has 0 aliphatic carbocycles. The maximum absolute atomic E-state index is 12.9. The molecule has 192 valence electrons. The van der Waals surface area contributed by atoms with Crippen LogP contribution in [0.2, 0.25) is 0 Å². The fourth-order valence-corrected chi connectivity index (χ4v) is 3.91. The number of aromatic nitrogens is 3. The van der Waals surface area contributed by atoms with Gasteiger partial charge in [0.1, 0.15) is 11.5 Å². The number of ether oxygens (including phenoxy) is 3. The number of hydrogen-bond donors (Lipinski definition) is 1. The van der Waals surface area contributed by atoms with Crippen LogP contribution in [0.25, 0.3) is 0 Å². The fourth-order valence-electron chi connectivity index (χ4n) is 3.91. The minimum absolute atomic E-state index is 0.0355. The van der Waals surface area contributed by atoms with Gasteiger partial charge in [0, 0.05) is 32.5 Å². The van der Waals surface area contributed by atoms with E-state index in [9.17, 15) is 14.7 Å². The Kier molecular flexibility index (Phi) is 9.44. The van der Waals surface area contributed by atoms with Gasteiger partial charge in [0.15, 0.2) is 0 Å². The summed E-state index contributed by atoms with van der Waals surface area (Å²) < 4.78 is 18.6. The maximum atomic E-state index is 12.9. The number of carbonyl (C=O) groups is 2. The molecule has 0 bridgehead atoms. The zero-order chi connectivity index (χ0) is 25.4. The number of likely N-dealkylation sites (N-methyl/N-ethyl adjacent to an activating group) is 1. The zero-order valence-corrected chi connectivity index (χ0v) is 20.8. The Bertz CT molecular complexity index is 966. The molecule has 1 aliphatic heterocycles. The molecule has 35 heavy (non-hydrogen) atoms. The third-order valence-electron chi connectivity index (χ3n) is 6.17. The second-order valence-corrected chi connectivity index (χ2v) is 8.88. The Morgan fingerprint density at radius 1 is 1.31 bits per heavy atom. The van der Waals surface area contributed by atoms with Gasteiger partial charge in [-0.05, 0) is 37.6 Å². The fraction of sp³-hybridized carbons (Fsp3) is 0.583. The van der Waals surface area contributed by atoms with Crippen LogP contribution in [0.1, 0.15) is 32.4 Å². The van der Waals surface area contributed by atoms with Crippen molar-refractivity contribution in [1.82, 2.24) is 24.8 Å². The normalized spacial score (nSPS) is 20.3. The van der Waals surface area contributed by atoms with Crippen molar-refractivity contribution in [1.29, 1.82) is 0 Å². The van der Waals surface area contributed by atoms with Gasteiger partial charge in [0.2, 0.25) is 5.91 Å². The van der Waals surface area contributed by atoms with Gasteiger partial charge in [-0.1, -0.05) is 12.1 Å². The van der Waals surface area contributed by atoms with E-state index in [4.69, 9.17) is 14.2 Å². The van der Waals surface area contributed by atoms with Crippen molar-refractivity contribution in [2.45, 2.75) is 52.0 Å². The summed E-state index contributed by atoms with van der Waals surface area (Å²) >= 11 is 0. The molecule has 11 heteroatoms. The zero-order valence-electron chi connectivity index (χ0n) is 20.8. The average molecular weight is 490 g/mol. The minimum Gasteiger partial charge on any atom is -0.497 e. The van der Waals surface area contributed by atoms with E-state index in [1.165, 1.54) is 4.90 Å². The SMILES string of the molecule is COc1ccc(OC(=O)N(C)C[C@H]2OCc3cnnn3CCCC(=O)N([C@H](C)CO)C[C@H]2C)cc1. The van der Waals surface area contributed by atoms with Gasteiger partial charge in [-0.15, -0.1) is 5.10 Å². The van der Waals surface area contributed by atoms with E-state index in [-0.39, 0.29) is 37.6 Å². The molecule has 0 radical (unpaired) electrons. The van der Waals surface area contributed by atoms with Crippen molar-refractivity contribution in [2.75, 3.05) is 33.9 Å². The van der Waals surface area contributed by atoms with Crippen LogP contribution in [0.3, 0.4) is 0 Å². The highest BCUT2D eigenvalue weighted by Crippen LogP contribution is 2.20. The lowest BCUT2D eigenvalue weighted by Crippen LogP contribution is -2.48. The van der Waals surface area contributed by atoms with Gasteiger partial charge >= 0.3 is 6.09 Å². The molecule has 0 saturated carbocycles.